The van der Waals surface area contributed by atoms with Crippen LogP contribution in [0.25, 0.3) is 0 Å². The third-order valence-electron chi connectivity index (χ3n) is 2.74. The number of nitrogens with two attached hydrogens (primary N) is 2. The van der Waals surface area contributed by atoms with Gasteiger partial charge in [0.05, 0.1) is 17.2 Å². The number of aromatic nitrogens is 2. The summed E-state index contributed by atoms with van der Waals surface area (Å²) in [5.41, 5.74) is 11.0. The third-order valence-corrected chi connectivity index (χ3v) is 3.15. The minimum absolute atomic E-state index is 0.192. The van der Waals surface area contributed by atoms with E-state index in [1.54, 1.807) is 29.2 Å². The van der Waals surface area contributed by atoms with Gasteiger partial charge in [-0.3, -0.25) is 9.48 Å². The fourth-order valence-electron chi connectivity index (χ4n) is 1.73. The molecule has 1 aromatic heterocycles. The Bertz CT molecular complexity index is 554. The number of hydrogen-bond acceptors (Lipinski definition) is 3. The van der Waals surface area contributed by atoms with E-state index in [9.17, 15) is 4.79 Å². The number of amides is 1. The molecule has 0 radical (unpaired) electrons. The van der Waals surface area contributed by atoms with Crippen molar-refractivity contribution in [3.8, 4) is 0 Å². The van der Waals surface area contributed by atoms with E-state index in [4.69, 9.17) is 11.5 Å². The van der Waals surface area contributed by atoms with Crippen molar-refractivity contribution in [1.29, 1.82) is 0 Å². The van der Waals surface area contributed by atoms with Gasteiger partial charge in [0.2, 0.25) is 5.91 Å². The fraction of sp³-hybridized carbons (Fsp3) is 0.167. The molecular weight excluding hydrogens is 296 g/mol. The second kappa shape index (κ2) is 4.91. The first kappa shape index (κ1) is 12.8. The highest BCUT2D eigenvalue weighted by Gasteiger charge is 2.34. The van der Waals surface area contributed by atoms with Crippen molar-refractivity contribution in [3.63, 3.8) is 0 Å². The molecule has 1 amide bonds. The van der Waals surface area contributed by atoms with Crippen molar-refractivity contribution in [2.75, 3.05) is 0 Å². The molecule has 0 saturated heterocycles. The van der Waals surface area contributed by atoms with Gasteiger partial charge in [-0.05, 0) is 21.5 Å². The molecule has 1 heterocycles. The van der Waals surface area contributed by atoms with E-state index >= 15 is 0 Å². The van der Waals surface area contributed by atoms with E-state index in [0.29, 0.717) is 5.56 Å². The van der Waals surface area contributed by atoms with Crippen LogP contribution in [0.1, 0.15) is 5.56 Å². The number of carbonyl (C=O) groups excluding carboxylic acids is 1. The predicted octanol–water partition coefficient (Wildman–Crippen LogP) is 0.985. The lowest BCUT2D eigenvalue weighted by Gasteiger charge is -2.26. The van der Waals surface area contributed by atoms with Crippen molar-refractivity contribution < 1.29 is 4.79 Å². The lowest BCUT2D eigenvalue weighted by atomic mass is 9.90. The second-order valence-electron chi connectivity index (χ2n) is 4.06. The summed E-state index contributed by atoms with van der Waals surface area (Å²) >= 11 is 3.29. The molecule has 18 heavy (non-hydrogen) atoms. The zero-order chi connectivity index (χ0) is 13.2. The molecule has 94 valence electrons. The molecular formula is C12H13BrN4O. The molecule has 1 atom stereocenters. The van der Waals surface area contributed by atoms with Gasteiger partial charge in [0.15, 0.2) is 0 Å². The summed E-state index contributed by atoms with van der Waals surface area (Å²) in [6.45, 7) is 0.192. The molecule has 0 aliphatic rings. The Morgan fingerprint density at radius 1 is 1.39 bits per heavy atom. The van der Waals surface area contributed by atoms with Gasteiger partial charge in [-0.15, -0.1) is 0 Å². The van der Waals surface area contributed by atoms with E-state index in [1.165, 1.54) is 0 Å². The van der Waals surface area contributed by atoms with Crippen LogP contribution in [-0.4, -0.2) is 15.7 Å². The largest absolute Gasteiger partial charge is 0.368 e. The van der Waals surface area contributed by atoms with Gasteiger partial charge in [0, 0.05) is 6.20 Å². The molecule has 2 rings (SSSR count). The Morgan fingerprint density at radius 3 is 2.56 bits per heavy atom. The summed E-state index contributed by atoms with van der Waals surface area (Å²) < 4.78 is 2.41. The van der Waals surface area contributed by atoms with E-state index in [2.05, 4.69) is 21.0 Å². The van der Waals surface area contributed by atoms with Crippen LogP contribution in [-0.2, 0) is 16.9 Å². The normalized spacial score (nSPS) is 14.1. The molecule has 5 nitrogen and oxygen atoms in total. The smallest absolute Gasteiger partial charge is 0.244 e. The molecule has 4 N–H and O–H groups in total. The first-order valence-electron chi connectivity index (χ1n) is 5.34. The Labute approximate surface area is 113 Å². The standard InChI is InChI=1S/C12H13BrN4O/c13-10-6-16-17(7-10)8-12(15,11(14)18)9-4-2-1-3-5-9/h1-7H,8,15H2,(H2,14,18). The summed E-state index contributed by atoms with van der Waals surface area (Å²) in [6, 6.07) is 9.06. The number of halogens is 1. The molecule has 0 bridgehead atoms. The van der Waals surface area contributed by atoms with E-state index in [0.717, 1.165) is 4.47 Å². The monoisotopic (exact) mass is 308 g/mol. The number of primary amides is 1. The number of benzene rings is 1. The Balaban J connectivity index is 2.36. The zero-order valence-corrected chi connectivity index (χ0v) is 11.2. The Kier molecular flexibility index (Phi) is 3.49. The van der Waals surface area contributed by atoms with Crippen LogP contribution in [0.15, 0.2) is 47.2 Å². The molecule has 0 saturated carbocycles. The molecule has 0 fully saturated rings. The van der Waals surface area contributed by atoms with Crippen LogP contribution in [0.4, 0.5) is 0 Å². The molecule has 0 spiro atoms. The van der Waals surface area contributed by atoms with Crippen molar-refractivity contribution in [2.24, 2.45) is 11.5 Å². The number of hydrogen-bond donors (Lipinski definition) is 2. The Hall–Kier alpha value is -1.66. The third kappa shape index (κ3) is 2.44. The van der Waals surface area contributed by atoms with E-state index < -0.39 is 11.4 Å². The lowest BCUT2D eigenvalue weighted by molar-refractivity contribution is -0.124. The fourth-order valence-corrected chi connectivity index (χ4v) is 2.06. The summed E-state index contributed by atoms with van der Waals surface area (Å²) in [6.07, 6.45) is 3.37. The average molecular weight is 309 g/mol. The maximum absolute atomic E-state index is 11.7. The number of carbonyl (C=O) groups is 1. The topological polar surface area (TPSA) is 86.9 Å². The average Bonchev–Trinajstić information content (AvgIpc) is 2.75. The van der Waals surface area contributed by atoms with Crippen LogP contribution >= 0.6 is 15.9 Å². The van der Waals surface area contributed by atoms with Crippen LogP contribution in [0.5, 0.6) is 0 Å². The highest BCUT2D eigenvalue weighted by molar-refractivity contribution is 9.10. The van der Waals surface area contributed by atoms with Gasteiger partial charge < -0.3 is 11.5 Å². The highest BCUT2D eigenvalue weighted by Crippen LogP contribution is 2.20. The maximum atomic E-state index is 11.7. The van der Waals surface area contributed by atoms with E-state index in [1.807, 2.05) is 18.2 Å². The van der Waals surface area contributed by atoms with Gasteiger partial charge in [0.25, 0.3) is 0 Å². The lowest BCUT2D eigenvalue weighted by Crippen LogP contribution is -2.52. The van der Waals surface area contributed by atoms with Gasteiger partial charge in [0.1, 0.15) is 5.54 Å². The summed E-state index contributed by atoms with van der Waals surface area (Å²) in [7, 11) is 0. The van der Waals surface area contributed by atoms with Crippen molar-refractivity contribution >= 4 is 21.8 Å². The van der Waals surface area contributed by atoms with Crippen LogP contribution < -0.4 is 11.5 Å². The molecule has 0 aliphatic heterocycles. The second-order valence-corrected chi connectivity index (χ2v) is 4.97. The number of rotatable bonds is 4. The summed E-state index contributed by atoms with van der Waals surface area (Å²) in [4.78, 5) is 11.7. The Morgan fingerprint density at radius 2 is 2.06 bits per heavy atom. The van der Waals surface area contributed by atoms with Gasteiger partial charge in [-0.25, -0.2) is 0 Å². The maximum Gasteiger partial charge on any atom is 0.244 e. The molecule has 2 aromatic rings. The summed E-state index contributed by atoms with van der Waals surface area (Å²) in [5, 5.41) is 4.09. The zero-order valence-electron chi connectivity index (χ0n) is 9.58. The van der Waals surface area contributed by atoms with Crippen LogP contribution in [0.3, 0.4) is 0 Å². The van der Waals surface area contributed by atoms with Gasteiger partial charge in [-0.2, -0.15) is 5.10 Å². The van der Waals surface area contributed by atoms with Crippen molar-refractivity contribution in [3.05, 3.63) is 52.8 Å². The van der Waals surface area contributed by atoms with Crippen LogP contribution in [0, 0.1) is 0 Å². The van der Waals surface area contributed by atoms with Crippen LogP contribution in [0.2, 0.25) is 0 Å². The molecule has 6 heteroatoms. The minimum Gasteiger partial charge on any atom is -0.368 e. The molecule has 1 aromatic carbocycles. The van der Waals surface area contributed by atoms with Crippen molar-refractivity contribution in [1.82, 2.24) is 9.78 Å². The highest BCUT2D eigenvalue weighted by atomic mass is 79.9. The number of nitrogens with zero attached hydrogens (tertiary/aromatic N) is 2. The minimum atomic E-state index is -1.27. The SMILES string of the molecule is NC(=O)C(N)(Cn1cc(Br)cn1)c1ccccc1. The molecule has 0 aliphatic carbocycles. The quantitative estimate of drug-likeness (QED) is 0.883. The first-order valence-corrected chi connectivity index (χ1v) is 6.14. The van der Waals surface area contributed by atoms with E-state index in [-0.39, 0.29) is 6.54 Å². The summed E-state index contributed by atoms with van der Waals surface area (Å²) in [5.74, 6) is -0.583. The van der Waals surface area contributed by atoms with Gasteiger partial charge >= 0.3 is 0 Å². The van der Waals surface area contributed by atoms with Crippen molar-refractivity contribution in [2.45, 2.75) is 12.1 Å². The van der Waals surface area contributed by atoms with Gasteiger partial charge in [-0.1, -0.05) is 30.3 Å². The predicted molar refractivity (Wildman–Crippen MR) is 71.4 cm³/mol. The first-order chi connectivity index (χ1) is 8.52. The molecule has 1 unspecified atom stereocenters.